The van der Waals surface area contributed by atoms with E-state index in [0.717, 1.165) is 18.4 Å². The van der Waals surface area contributed by atoms with Gasteiger partial charge in [-0.2, -0.15) is 0 Å². The lowest BCUT2D eigenvalue weighted by Crippen LogP contribution is -2.40. The molecule has 0 saturated carbocycles. The molecule has 1 aromatic heterocycles. The van der Waals surface area contributed by atoms with Crippen molar-refractivity contribution in [3.8, 4) is 0 Å². The summed E-state index contributed by atoms with van der Waals surface area (Å²) in [6.07, 6.45) is 4.25. The number of hydrogen-bond acceptors (Lipinski definition) is 5. The maximum absolute atomic E-state index is 13.2. The van der Waals surface area contributed by atoms with Crippen molar-refractivity contribution in [1.29, 1.82) is 0 Å². The molecule has 1 saturated heterocycles. The fraction of sp³-hybridized carbons (Fsp3) is 0.353. The Morgan fingerprint density at radius 1 is 1.21 bits per heavy atom. The van der Waals surface area contributed by atoms with Gasteiger partial charge in [0.15, 0.2) is 5.69 Å². The Morgan fingerprint density at radius 3 is 2.50 bits per heavy atom. The van der Waals surface area contributed by atoms with E-state index in [2.05, 4.69) is 15.3 Å². The van der Waals surface area contributed by atoms with Crippen LogP contribution >= 0.6 is 0 Å². The van der Waals surface area contributed by atoms with Gasteiger partial charge in [0.2, 0.25) is 0 Å². The van der Waals surface area contributed by atoms with Crippen LogP contribution in [-0.4, -0.2) is 40.8 Å². The van der Waals surface area contributed by atoms with Crippen LogP contribution in [0.15, 0.2) is 36.7 Å². The summed E-state index contributed by atoms with van der Waals surface area (Å²) in [5.74, 6) is -0.863. The Kier molecular flexibility index (Phi) is 4.71. The molecule has 0 unspecified atom stereocenters. The van der Waals surface area contributed by atoms with Gasteiger partial charge in [-0.3, -0.25) is 0 Å². The number of benzene rings is 1. The third-order valence-electron chi connectivity index (χ3n) is 4.39. The highest BCUT2D eigenvalue weighted by atomic mass is 19.1. The topological polar surface area (TPSA) is 84.3 Å². The number of carboxylic acid groups (broad SMARTS) is 1. The highest BCUT2D eigenvalue weighted by molar-refractivity contribution is 5.84. The van der Waals surface area contributed by atoms with E-state index in [9.17, 15) is 9.18 Å². The first kappa shape index (κ1) is 16.3. The Labute approximate surface area is 138 Å². The van der Waals surface area contributed by atoms with Gasteiger partial charge in [0, 0.05) is 25.2 Å². The van der Waals surface area contributed by atoms with Crippen molar-refractivity contribution in [2.75, 3.05) is 25.1 Å². The summed E-state index contributed by atoms with van der Waals surface area (Å²) >= 11 is 0. The lowest BCUT2D eigenvalue weighted by Gasteiger charge is -2.38. The van der Waals surface area contributed by atoms with Crippen LogP contribution in [0.2, 0.25) is 0 Å². The first-order valence-corrected chi connectivity index (χ1v) is 7.72. The van der Waals surface area contributed by atoms with Crippen molar-refractivity contribution in [2.24, 2.45) is 0 Å². The predicted molar refractivity (Wildman–Crippen MR) is 85.6 cm³/mol. The molecule has 3 rings (SSSR count). The van der Waals surface area contributed by atoms with Crippen LogP contribution in [0.4, 0.5) is 10.2 Å². The van der Waals surface area contributed by atoms with Crippen LogP contribution in [0.3, 0.4) is 0 Å². The molecule has 2 aromatic rings. The number of nitrogens with zero attached hydrogens (tertiary/aromatic N) is 2. The second-order valence-electron chi connectivity index (χ2n) is 5.85. The van der Waals surface area contributed by atoms with Gasteiger partial charge in [0.1, 0.15) is 11.6 Å². The zero-order valence-electron chi connectivity index (χ0n) is 13.0. The molecule has 6 nitrogen and oxygen atoms in total. The molecular weight excluding hydrogens is 313 g/mol. The van der Waals surface area contributed by atoms with Crippen LogP contribution < -0.4 is 5.32 Å². The third kappa shape index (κ3) is 3.51. The molecule has 24 heavy (non-hydrogen) atoms. The van der Waals surface area contributed by atoms with E-state index < -0.39 is 5.97 Å². The van der Waals surface area contributed by atoms with Crippen LogP contribution in [0, 0.1) is 5.82 Å². The number of rotatable bonds is 5. The van der Waals surface area contributed by atoms with Crippen LogP contribution in [-0.2, 0) is 10.2 Å². The van der Waals surface area contributed by atoms with Crippen molar-refractivity contribution >= 4 is 11.8 Å². The number of aromatic carboxylic acids is 1. The number of carbonyl (C=O) groups is 1. The van der Waals surface area contributed by atoms with E-state index in [0.29, 0.717) is 25.6 Å². The summed E-state index contributed by atoms with van der Waals surface area (Å²) in [4.78, 5) is 18.7. The van der Waals surface area contributed by atoms with Gasteiger partial charge < -0.3 is 15.2 Å². The first-order chi connectivity index (χ1) is 11.6. The highest BCUT2D eigenvalue weighted by Gasteiger charge is 2.34. The Bertz CT molecular complexity index is 698. The fourth-order valence-electron chi connectivity index (χ4n) is 2.92. The number of anilines is 1. The molecule has 1 aliphatic rings. The van der Waals surface area contributed by atoms with Crippen LogP contribution in [0.25, 0.3) is 0 Å². The van der Waals surface area contributed by atoms with Gasteiger partial charge in [-0.25, -0.2) is 19.2 Å². The minimum Gasteiger partial charge on any atom is -0.476 e. The van der Waals surface area contributed by atoms with Crippen molar-refractivity contribution in [2.45, 2.75) is 18.3 Å². The number of halogens is 1. The van der Waals surface area contributed by atoms with Crippen LogP contribution in [0.1, 0.15) is 28.9 Å². The molecule has 0 atom stereocenters. The summed E-state index contributed by atoms with van der Waals surface area (Å²) in [6, 6.07) is 6.55. The monoisotopic (exact) mass is 331 g/mol. The number of nitrogens with one attached hydrogen (secondary N) is 1. The minimum absolute atomic E-state index is 0.0973. The van der Waals surface area contributed by atoms with E-state index >= 15 is 0 Å². The molecule has 0 amide bonds. The zero-order valence-corrected chi connectivity index (χ0v) is 13.0. The minimum atomic E-state index is -1.11. The molecule has 126 valence electrons. The molecule has 7 heteroatoms. The molecule has 0 radical (unpaired) electrons. The average Bonchev–Trinajstić information content (AvgIpc) is 2.62. The molecule has 2 heterocycles. The summed E-state index contributed by atoms with van der Waals surface area (Å²) in [7, 11) is 0. The lowest BCUT2D eigenvalue weighted by atomic mass is 9.74. The summed E-state index contributed by atoms with van der Waals surface area (Å²) in [6.45, 7) is 1.87. The normalized spacial score (nSPS) is 16.5. The van der Waals surface area contributed by atoms with Gasteiger partial charge >= 0.3 is 5.97 Å². The molecular formula is C17H18FN3O3. The van der Waals surface area contributed by atoms with Gasteiger partial charge in [0.25, 0.3) is 0 Å². The average molecular weight is 331 g/mol. The molecule has 1 fully saturated rings. The summed E-state index contributed by atoms with van der Waals surface area (Å²) in [5, 5.41) is 12.1. The van der Waals surface area contributed by atoms with Crippen molar-refractivity contribution < 1.29 is 19.0 Å². The molecule has 1 aliphatic heterocycles. The van der Waals surface area contributed by atoms with E-state index in [1.165, 1.54) is 24.5 Å². The molecule has 1 aromatic carbocycles. The summed E-state index contributed by atoms with van der Waals surface area (Å²) < 4.78 is 18.7. The molecule has 0 aliphatic carbocycles. The zero-order chi connectivity index (χ0) is 17.0. The second-order valence-corrected chi connectivity index (χ2v) is 5.85. The number of carboxylic acids is 1. The largest absolute Gasteiger partial charge is 0.476 e. The Hall–Kier alpha value is -2.54. The third-order valence-corrected chi connectivity index (χ3v) is 4.39. The van der Waals surface area contributed by atoms with E-state index in [4.69, 9.17) is 9.84 Å². The quantitative estimate of drug-likeness (QED) is 0.875. The van der Waals surface area contributed by atoms with E-state index in [1.807, 2.05) is 12.1 Å². The predicted octanol–water partition coefficient (Wildman–Crippen LogP) is 2.47. The van der Waals surface area contributed by atoms with Gasteiger partial charge in [-0.1, -0.05) is 12.1 Å². The molecule has 2 N–H and O–H groups in total. The second kappa shape index (κ2) is 6.92. The van der Waals surface area contributed by atoms with Crippen molar-refractivity contribution in [3.05, 3.63) is 53.7 Å². The smallest absolute Gasteiger partial charge is 0.356 e. The standard InChI is InChI=1S/C17H18FN3O3/c18-13-3-1-12(2-4-13)17(5-7-24-8-6-17)11-21-15-10-19-14(9-20-15)16(22)23/h1-4,9-10H,5-8,11H2,(H,20,21)(H,22,23). The Morgan fingerprint density at radius 2 is 1.92 bits per heavy atom. The Balaban J connectivity index is 1.77. The van der Waals surface area contributed by atoms with E-state index in [1.54, 1.807) is 0 Å². The maximum atomic E-state index is 13.2. The van der Waals surface area contributed by atoms with Crippen molar-refractivity contribution in [3.63, 3.8) is 0 Å². The SMILES string of the molecule is O=C(O)c1cnc(NCC2(c3ccc(F)cc3)CCOCC2)cn1. The maximum Gasteiger partial charge on any atom is 0.356 e. The fourth-order valence-corrected chi connectivity index (χ4v) is 2.92. The molecule has 0 spiro atoms. The number of aromatic nitrogens is 2. The lowest BCUT2D eigenvalue weighted by molar-refractivity contribution is 0.0543. The number of ether oxygens (including phenoxy) is 1. The molecule has 0 bridgehead atoms. The van der Waals surface area contributed by atoms with Crippen LogP contribution in [0.5, 0.6) is 0 Å². The van der Waals surface area contributed by atoms with Gasteiger partial charge in [-0.05, 0) is 30.5 Å². The van der Waals surface area contributed by atoms with Gasteiger partial charge in [-0.15, -0.1) is 0 Å². The number of hydrogen-bond donors (Lipinski definition) is 2. The van der Waals surface area contributed by atoms with Gasteiger partial charge in [0.05, 0.1) is 12.4 Å². The van der Waals surface area contributed by atoms with E-state index in [-0.39, 0.29) is 16.9 Å². The van der Waals surface area contributed by atoms with Crippen molar-refractivity contribution in [1.82, 2.24) is 9.97 Å². The summed E-state index contributed by atoms with van der Waals surface area (Å²) in [5.41, 5.74) is 0.772. The highest BCUT2D eigenvalue weighted by Crippen LogP contribution is 2.35. The first-order valence-electron chi connectivity index (χ1n) is 7.72.